The highest BCUT2D eigenvalue weighted by Gasteiger charge is 2.50. The van der Waals surface area contributed by atoms with Gasteiger partial charge in [-0.3, -0.25) is 9.88 Å². The standard InChI is InChI=1S/C42H50F3N5O3Si/c1-24(2)54(25(3)4,26(5)6)16-11-30-33(44)10-9-27-17-29(51)18-31(36(27)30)38-37(45)39-32(21-46-38)40(50-14-8-15-52-35-19-34(35)50)48-41(47-39)53-23-42-12-7-13-49(42)22-28(43)20-42/h9-10,17-18,21,24-26,28,34-35,51H,7-8,12-15,19-20,22-23H2,1-6H3/t28-,34-,35+,42+/m1/s1/i23D2. The predicted molar refractivity (Wildman–Crippen MR) is 208 cm³/mol. The lowest BCUT2D eigenvalue weighted by Crippen LogP contribution is -2.43. The molecule has 8 nitrogen and oxygen atoms in total. The molecule has 3 saturated heterocycles. The van der Waals surface area contributed by atoms with E-state index in [2.05, 4.69) is 63.0 Å². The Labute approximate surface area is 319 Å². The van der Waals surface area contributed by atoms with Crippen molar-refractivity contribution in [2.45, 2.75) is 114 Å². The molecule has 0 unspecified atom stereocenters. The van der Waals surface area contributed by atoms with Crippen molar-refractivity contribution in [3.05, 3.63) is 47.7 Å². The van der Waals surface area contributed by atoms with Crippen molar-refractivity contribution in [3.8, 4) is 34.5 Å². The Kier molecular flexibility index (Phi) is 8.95. The lowest BCUT2D eigenvalue weighted by Gasteiger charge is -2.38. The minimum absolute atomic E-state index is 0.0155. The lowest BCUT2D eigenvalue weighted by atomic mass is 9.95. The zero-order chi connectivity index (χ0) is 39.9. The van der Waals surface area contributed by atoms with E-state index in [0.29, 0.717) is 55.5 Å². The van der Waals surface area contributed by atoms with Crippen LogP contribution in [0.25, 0.3) is 32.9 Å². The number of hydrogen-bond acceptors (Lipinski definition) is 8. The van der Waals surface area contributed by atoms with Crippen molar-refractivity contribution >= 4 is 35.6 Å². The number of ether oxygens (including phenoxy) is 2. The summed E-state index contributed by atoms with van der Waals surface area (Å²) in [6, 6.07) is 5.31. The predicted octanol–water partition coefficient (Wildman–Crippen LogP) is 8.72. The Bertz CT molecular complexity index is 2250. The summed E-state index contributed by atoms with van der Waals surface area (Å²) in [6.07, 6.45) is 2.77. The number of aromatic hydroxyl groups is 1. The molecule has 1 saturated carbocycles. The van der Waals surface area contributed by atoms with Crippen LogP contribution >= 0.6 is 0 Å². The molecule has 2 aromatic heterocycles. The van der Waals surface area contributed by atoms with Gasteiger partial charge in [-0.15, -0.1) is 5.54 Å². The van der Waals surface area contributed by atoms with Gasteiger partial charge in [0.2, 0.25) is 0 Å². The van der Waals surface area contributed by atoms with Crippen molar-refractivity contribution in [1.29, 1.82) is 0 Å². The van der Waals surface area contributed by atoms with E-state index >= 15 is 8.78 Å². The quantitative estimate of drug-likeness (QED) is 0.141. The van der Waals surface area contributed by atoms with Crippen LogP contribution in [0, 0.1) is 23.1 Å². The minimum Gasteiger partial charge on any atom is -0.508 e. The maximum Gasteiger partial charge on any atom is 0.319 e. The highest BCUT2D eigenvalue weighted by atomic mass is 28.3. The molecule has 4 aliphatic rings. The molecule has 1 aliphatic carbocycles. The van der Waals surface area contributed by atoms with Crippen LogP contribution in [0.3, 0.4) is 0 Å². The number of pyridine rings is 1. The molecule has 8 rings (SSSR count). The first-order valence-electron chi connectivity index (χ1n) is 20.4. The maximum absolute atomic E-state index is 17.4. The number of hydrogen-bond donors (Lipinski definition) is 1. The molecule has 0 radical (unpaired) electrons. The fourth-order valence-electron chi connectivity index (χ4n) is 9.78. The monoisotopic (exact) mass is 759 g/mol. The topological polar surface area (TPSA) is 83.8 Å². The van der Waals surface area contributed by atoms with Crippen molar-refractivity contribution in [3.63, 3.8) is 0 Å². The van der Waals surface area contributed by atoms with Gasteiger partial charge in [0, 0.05) is 43.3 Å². The SMILES string of the molecule is [2H]C([2H])(Oc1nc(N2CCCO[C@H]3C[C@H]32)c2cnc(-c3cc(O)cc4ccc(F)c(C#C[Si](C(C)C)(C(C)C)C(C)C)c34)c(F)c2n1)[C@@]12CCCN1C[C@H](F)C2. The number of halogens is 3. The van der Waals surface area contributed by atoms with Crippen molar-refractivity contribution < 1.29 is 30.5 Å². The third kappa shape index (κ3) is 6.20. The second kappa shape index (κ2) is 14.0. The Morgan fingerprint density at radius 2 is 1.87 bits per heavy atom. The summed E-state index contributed by atoms with van der Waals surface area (Å²) in [6.45, 7) is 12.4. The van der Waals surface area contributed by atoms with Gasteiger partial charge in [0.1, 0.15) is 49.4 Å². The van der Waals surface area contributed by atoms with E-state index in [0.717, 1.165) is 6.42 Å². The Balaban J connectivity index is 1.32. The number of phenolic OH excluding ortho intramolecular Hbond substituents is 1. The molecule has 12 heteroatoms. The largest absolute Gasteiger partial charge is 0.508 e. The number of aromatic nitrogens is 3. The molecule has 286 valence electrons. The molecule has 5 heterocycles. The molecule has 4 atom stereocenters. The van der Waals surface area contributed by atoms with Crippen LogP contribution in [-0.2, 0) is 4.74 Å². The fraction of sp³-hybridized carbons (Fsp3) is 0.548. The molecule has 1 N–H and O–H groups in total. The van der Waals surface area contributed by atoms with Gasteiger partial charge >= 0.3 is 6.01 Å². The van der Waals surface area contributed by atoms with Gasteiger partial charge in [0.15, 0.2) is 5.82 Å². The molecule has 2 aromatic carbocycles. The molecule has 3 aliphatic heterocycles. The maximum atomic E-state index is 17.4. The summed E-state index contributed by atoms with van der Waals surface area (Å²) in [4.78, 5) is 17.7. The zero-order valence-electron chi connectivity index (χ0n) is 33.8. The Morgan fingerprint density at radius 1 is 1.09 bits per heavy atom. The number of benzene rings is 2. The van der Waals surface area contributed by atoms with Crippen LogP contribution in [0.5, 0.6) is 11.8 Å². The molecular formula is C42H50F3N5O3Si. The number of phenols is 1. The normalized spacial score (nSPS) is 25.1. The minimum atomic E-state index is -2.40. The third-order valence-electron chi connectivity index (χ3n) is 12.4. The van der Waals surface area contributed by atoms with Crippen molar-refractivity contribution in [1.82, 2.24) is 19.9 Å². The summed E-state index contributed by atoms with van der Waals surface area (Å²) in [5.41, 5.74) is 3.14. The van der Waals surface area contributed by atoms with E-state index in [1.807, 2.05) is 9.80 Å². The number of fused-ring (bicyclic) bond motifs is 4. The Hall–Kier alpha value is -3.92. The van der Waals surface area contributed by atoms with E-state index in [4.69, 9.17) is 17.2 Å². The number of alkyl halides is 1. The van der Waals surface area contributed by atoms with Crippen LogP contribution in [0.2, 0.25) is 16.6 Å². The molecule has 4 fully saturated rings. The van der Waals surface area contributed by atoms with Crippen LogP contribution in [0.15, 0.2) is 30.5 Å². The van der Waals surface area contributed by atoms with E-state index in [1.54, 1.807) is 0 Å². The van der Waals surface area contributed by atoms with Gasteiger partial charge in [-0.05, 0) is 72.4 Å². The highest BCUT2D eigenvalue weighted by molar-refractivity contribution is 6.90. The van der Waals surface area contributed by atoms with Gasteiger partial charge in [0.25, 0.3) is 0 Å². The molecule has 4 aromatic rings. The Morgan fingerprint density at radius 3 is 2.63 bits per heavy atom. The average Bonchev–Trinajstić information content (AvgIpc) is 3.71. The summed E-state index contributed by atoms with van der Waals surface area (Å²) in [7, 11) is -2.32. The molecule has 0 spiro atoms. The molecule has 54 heavy (non-hydrogen) atoms. The first-order chi connectivity index (χ1) is 26.6. The molecule has 0 bridgehead atoms. The van der Waals surface area contributed by atoms with Gasteiger partial charge in [0.05, 0.1) is 31.4 Å². The van der Waals surface area contributed by atoms with E-state index < -0.39 is 38.0 Å². The van der Waals surface area contributed by atoms with Crippen LogP contribution in [0.1, 0.15) is 82.0 Å². The second-order valence-corrected chi connectivity index (χ2v) is 22.1. The second-order valence-electron chi connectivity index (χ2n) is 16.5. The van der Waals surface area contributed by atoms with Gasteiger partial charge in [-0.2, -0.15) is 9.97 Å². The van der Waals surface area contributed by atoms with Crippen LogP contribution < -0.4 is 9.64 Å². The van der Waals surface area contributed by atoms with Crippen molar-refractivity contribution in [2.24, 2.45) is 0 Å². The fourth-order valence-corrected chi connectivity index (χ4v) is 15.0. The number of nitrogens with zero attached hydrogens (tertiary/aromatic N) is 5. The van der Waals surface area contributed by atoms with E-state index in [9.17, 15) is 9.50 Å². The number of anilines is 1. The van der Waals surface area contributed by atoms with Crippen molar-refractivity contribution in [2.75, 3.05) is 37.7 Å². The summed E-state index contributed by atoms with van der Waals surface area (Å²) in [5.74, 6) is 1.98. The van der Waals surface area contributed by atoms with Gasteiger partial charge in [-0.25, -0.2) is 13.2 Å². The average molecular weight is 760 g/mol. The first kappa shape index (κ1) is 34.6. The molecule has 0 amide bonds. The first-order valence-corrected chi connectivity index (χ1v) is 21.6. The number of rotatable bonds is 8. The highest BCUT2D eigenvalue weighted by Crippen LogP contribution is 2.45. The van der Waals surface area contributed by atoms with Gasteiger partial charge < -0.3 is 19.5 Å². The zero-order valence-corrected chi connectivity index (χ0v) is 32.8. The smallest absolute Gasteiger partial charge is 0.319 e. The summed E-state index contributed by atoms with van der Waals surface area (Å²) < 4.78 is 78.7. The third-order valence-corrected chi connectivity index (χ3v) is 18.7. The summed E-state index contributed by atoms with van der Waals surface area (Å²) >= 11 is 0. The van der Waals surface area contributed by atoms with Gasteiger partial charge in [-0.1, -0.05) is 53.5 Å². The lowest BCUT2D eigenvalue weighted by molar-refractivity contribution is 0.107. The van der Waals surface area contributed by atoms with E-state index in [-0.39, 0.29) is 81.2 Å². The molecular weight excluding hydrogens is 708 g/mol. The van der Waals surface area contributed by atoms with Crippen LogP contribution in [0.4, 0.5) is 19.0 Å². The summed E-state index contributed by atoms with van der Waals surface area (Å²) in [5, 5.41) is 12.0. The van der Waals surface area contributed by atoms with E-state index in [1.165, 1.54) is 30.5 Å². The van der Waals surface area contributed by atoms with Crippen LogP contribution in [-0.4, -0.2) is 89.7 Å².